The van der Waals surface area contributed by atoms with Crippen LogP contribution < -0.4 is 5.32 Å². The Morgan fingerprint density at radius 2 is 2.15 bits per heavy atom. The minimum Gasteiger partial charge on any atom is -0.354 e. The Kier molecular flexibility index (Phi) is 5.87. The van der Waals surface area contributed by atoms with E-state index in [9.17, 15) is 13.2 Å². The monoisotopic (exact) mass is 414 g/mol. The van der Waals surface area contributed by atoms with Crippen molar-refractivity contribution in [1.82, 2.24) is 29.2 Å². The summed E-state index contributed by atoms with van der Waals surface area (Å²) in [4.78, 5) is 12.7. The average molecular weight is 415 g/mol. The molecule has 3 rings (SSSR count). The lowest BCUT2D eigenvalue weighted by molar-refractivity contribution is -0.126. The molecule has 1 aliphatic heterocycles. The van der Waals surface area contributed by atoms with Crippen molar-refractivity contribution >= 4 is 27.5 Å². The van der Waals surface area contributed by atoms with Gasteiger partial charge in [0.25, 0.3) is 0 Å². The highest BCUT2D eigenvalue weighted by atomic mass is 35.5. The smallest absolute Gasteiger partial charge is 0.246 e. The zero-order valence-corrected chi connectivity index (χ0v) is 16.9. The van der Waals surface area contributed by atoms with E-state index in [-0.39, 0.29) is 23.3 Å². The van der Waals surface area contributed by atoms with Gasteiger partial charge in [-0.25, -0.2) is 8.42 Å². The van der Waals surface area contributed by atoms with Gasteiger partial charge in [0.1, 0.15) is 4.90 Å². The normalized spacial score (nSPS) is 18.6. The first-order valence-corrected chi connectivity index (χ1v) is 10.6. The molecule has 0 aliphatic carbocycles. The van der Waals surface area contributed by atoms with E-state index in [2.05, 4.69) is 15.5 Å². The van der Waals surface area contributed by atoms with Crippen LogP contribution in [0.3, 0.4) is 0 Å². The van der Waals surface area contributed by atoms with Gasteiger partial charge in [-0.05, 0) is 19.8 Å². The molecule has 0 aromatic carbocycles. The molecular formula is C16H23ClN6O3S. The molecule has 0 bridgehead atoms. The van der Waals surface area contributed by atoms with Crippen LogP contribution in [0.2, 0.25) is 5.02 Å². The number of amides is 1. The third-order valence-corrected chi connectivity index (χ3v) is 6.97. The number of halogens is 1. The quantitative estimate of drug-likeness (QED) is 0.753. The number of aromatic nitrogens is 4. The molecule has 9 nitrogen and oxygen atoms in total. The van der Waals surface area contributed by atoms with Gasteiger partial charge in [0.2, 0.25) is 15.9 Å². The summed E-state index contributed by atoms with van der Waals surface area (Å²) in [7, 11) is -1.96. The first kappa shape index (κ1) is 19.8. The summed E-state index contributed by atoms with van der Waals surface area (Å²) >= 11 is 5.81. The van der Waals surface area contributed by atoms with E-state index < -0.39 is 10.0 Å². The van der Waals surface area contributed by atoms with Gasteiger partial charge in [0.15, 0.2) is 0 Å². The molecule has 148 valence electrons. The van der Waals surface area contributed by atoms with E-state index in [4.69, 9.17) is 11.6 Å². The van der Waals surface area contributed by atoms with E-state index in [0.717, 1.165) is 0 Å². The van der Waals surface area contributed by atoms with Crippen LogP contribution in [0.4, 0.5) is 0 Å². The predicted octanol–water partition coefficient (Wildman–Crippen LogP) is 0.796. The highest BCUT2D eigenvalue weighted by molar-refractivity contribution is 7.89. The number of aryl methyl sites for hydroxylation is 1. The van der Waals surface area contributed by atoms with Gasteiger partial charge in [0, 0.05) is 32.9 Å². The fraction of sp³-hybridized carbons (Fsp3) is 0.562. The summed E-state index contributed by atoms with van der Waals surface area (Å²) in [6, 6.07) is 0. The third-order valence-electron chi connectivity index (χ3n) is 4.80. The van der Waals surface area contributed by atoms with E-state index in [1.807, 2.05) is 0 Å². The molecule has 27 heavy (non-hydrogen) atoms. The molecule has 11 heteroatoms. The number of nitrogens with one attached hydrogen (secondary N) is 1. The van der Waals surface area contributed by atoms with Gasteiger partial charge in [-0.1, -0.05) is 11.6 Å². The van der Waals surface area contributed by atoms with Crippen molar-refractivity contribution in [3.63, 3.8) is 0 Å². The van der Waals surface area contributed by atoms with Crippen molar-refractivity contribution in [2.45, 2.75) is 31.2 Å². The number of piperidine rings is 1. The third kappa shape index (κ3) is 4.33. The average Bonchev–Trinajstić information content (AvgIpc) is 3.21. The SMILES string of the molecule is Cc1c(S(=O)(=O)N2CCC[C@H](C(=O)NCCn3cc(Cl)cn3)C2)cnn1C. The summed E-state index contributed by atoms with van der Waals surface area (Å²) in [5.74, 6) is -0.511. The Hall–Kier alpha value is -1.91. The van der Waals surface area contributed by atoms with Crippen LogP contribution in [-0.4, -0.2) is 57.8 Å². The number of hydrogen-bond donors (Lipinski definition) is 1. The molecule has 0 unspecified atom stereocenters. The molecule has 0 spiro atoms. The fourth-order valence-corrected chi connectivity index (χ4v) is 5.01. The predicted molar refractivity (Wildman–Crippen MR) is 99.7 cm³/mol. The molecule has 1 fully saturated rings. The van der Waals surface area contributed by atoms with Gasteiger partial charge >= 0.3 is 0 Å². The minimum absolute atomic E-state index is 0.143. The molecule has 1 N–H and O–H groups in total. The van der Waals surface area contributed by atoms with Crippen molar-refractivity contribution < 1.29 is 13.2 Å². The minimum atomic E-state index is -3.66. The zero-order valence-electron chi connectivity index (χ0n) is 15.3. The van der Waals surface area contributed by atoms with Crippen molar-refractivity contribution in [2.24, 2.45) is 13.0 Å². The fourth-order valence-electron chi connectivity index (χ4n) is 3.14. The second-order valence-corrected chi connectivity index (χ2v) is 8.98. The van der Waals surface area contributed by atoms with Gasteiger partial charge in [-0.2, -0.15) is 14.5 Å². The first-order chi connectivity index (χ1) is 12.8. The summed E-state index contributed by atoms with van der Waals surface area (Å²) in [6.07, 6.45) is 5.89. The summed E-state index contributed by atoms with van der Waals surface area (Å²) in [6.45, 7) is 3.21. The van der Waals surface area contributed by atoms with Crippen molar-refractivity contribution in [3.8, 4) is 0 Å². The molecule has 1 saturated heterocycles. The van der Waals surface area contributed by atoms with Crippen molar-refractivity contribution in [1.29, 1.82) is 0 Å². The molecular weight excluding hydrogens is 392 g/mol. The second kappa shape index (κ2) is 7.99. The van der Waals surface area contributed by atoms with Crippen LogP contribution in [-0.2, 0) is 28.4 Å². The highest BCUT2D eigenvalue weighted by Crippen LogP contribution is 2.25. The lowest BCUT2D eigenvalue weighted by Crippen LogP contribution is -2.45. The largest absolute Gasteiger partial charge is 0.354 e. The van der Waals surface area contributed by atoms with Crippen LogP contribution in [0.5, 0.6) is 0 Å². The molecule has 3 heterocycles. The Balaban J connectivity index is 1.59. The van der Waals surface area contributed by atoms with E-state index in [1.54, 1.807) is 24.9 Å². The molecule has 1 atom stereocenters. The van der Waals surface area contributed by atoms with Crippen molar-refractivity contribution in [3.05, 3.63) is 29.3 Å². The molecule has 2 aromatic heterocycles. The maximum absolute atomic E-state index is 12.9. The second-order valence-electron chi connectivity index (χ2n) is 6.63. The Morgan fingerprint density at radius 3 is 2.78 bits per heavy atom. The van der Waals surface area contributed by atoms with Crippen LogP contribution in [0.25, 0.3) is 0 Å². The van der Waals surface area contributed by atoms with Gasteiger partial charge < -0.3 is 5.32 Å². The Bertz CT molecular complexity index is 922. The number of carbonyl (C=O) groups excluding carboxylic acids is 1. The number of hydrogen-bond acceptors (Lipinski definition) is 5. The Labute approximate surface area is 163 Å². The highest BCUT2D eigenvalue weighted by Gasteiger charge is 2.34. The van der Waals surface area contributed by atoms with E-state index in [0.29, 0.717) is 43.2 Å². The van der Waals surface area contributed by atoms with Crippen LogP contribution in [0.15, 0.2) is 23.5 Å². The van der Waals surface area contributed by atoms with E-state index in [1.165, 1.54) is 21.4 Å². The number of nitrogens with zero attached hydrogens (tertiary/aromatic N) is 5. The molecule has 2 aromatic rings. The molecule has 1 amide bonds. The number of sulfonamides is 1. The van der Waals surface area contributed by atoms with Gasteiger partial charge in [-0.3, -0.25) is 14.2 Å². The lowest BCUT2D eigenvalue weighted by Gasteiger charge is -2.31. The standard InChI is InChI=1S/C16H23ClN6O3S/c1-12-15(9-19-21(12)2)27(25,26)23-6-3-4-13(10-23)16(24)18-5-7-22-11-14(17)8-20-22/h8-9,11,13H,3-7,10H2,1-2H3,(H,18,24)/t13-/m0/s1. The van der Waals surface area contributed by atoms with Gasteiger partial charge in [-0.15, -0.1) is 0 Å². The first-order valence-electron chi connectivity index (χ1n) is 8.73. The van der Waals surface area contributed by atoms with Crippen molar-refractivity contribution in [2.75, 3.05) is 19.6 Å². The Morgan fingerprint density at radius 1 is 1.37 bits per heavy atom. The molecule has 1 aliphatic rings. The molecule has 0 radical (unpaired) electrons. The maximum atomic E-state index is 12.9. The summed E-state index contributed by atoms with van der Waals surface area (Å²) < 4.78 is 30.4. The zero-order chi connectivity index (χ0) is 19.6. The summed E-state index contributed by atoms with van der Waals surface area (Å²) in [5, 5.41) is 11.5. The number of rotatable bonds is 6. The molecule has 0 saturated carbocycles. The lowest BCUT2D eigenvalue weighted by atomic mass is 9.99. The van der Waals surface area contributed by atoms with Crippen LogP contribution >= 0.6 is 11.6 Å². The summed E-state index contributed by atoms with van der Waals surface area (Å²) in [5.41, 5.74) is 0.583. The topological polar surface area (TPSA) is 102 Å². The van der Waals surface area contributed by atoms with Crippen LogP contribution in [0.1, 0.15) is 18.5 Å². The number of carbonyl (C=O) groups is 1. The van der Waals surface area contributed by atoms with Gasteiger partial charge in [0.05, 0.1) is 35.6 Å². The van der Waals surface area contributed by atoms with Crippen LogP contribution in [0, 0.1) is 12.8 Å². The maximum Gasteiger partial charge on any atom is 0.246 e. The van der Waals surface area contributed by atoms with E-state index >= 15 is 0 Å².